The summed E-state index contributed by atoms with van der Waals surface area (Å²) in [7, 11) is 0. The summed E-state index contributed by atoms with van der Waals surface area (Å²) in [4.78, 5) is 27.3. The van der Waals surface area contributed by atoms with Crippen molar-refractivity contribution in [3.05, 3.63) is 87.3 Å². The van der Waals surface area contributed by atoms with Gasteiger partial charge in [-0.15, -0.1) is 0 Å². The summed E-state index contributed by atoms with van der Waals surface area (Å²) < 4.78 is 21.2. The second-order valence-corrected chi connectivity index (χ2v) is 6.69. The number of halogens is 1. The van der Waals surface area contributed by atoms with Crippen molar-refractivity contribution < 1.29 is 19.2 Å². The first-order valence-corrected chi connectivity index (χ1v) is 9.17. The largest absolute Gasteiger partial charge is 0.491 e. The Kier molecular flexibility index (Phi) is 5.41. The van der Waals surface area contributed by atoms with Gasteiger partial charge in [0.2, 0.25) is 0 Å². The minimum Gasteiger partial charge on any atom is -0.491 e. The van der Waals surface area contributed by atoms with E-state index >= 15 is 0 Å². The number of non-ortho nitro benzene ring substituents is 1. The summed E-state index contributed by atoms with van der Waals surface area (Å²) in [5.74, 6) is -0.161. The fourth-order valence-electron chi connectivity index (χ4n) is 3.01. The van der Waals surface area contributed by atoms with E-state index in [-0.39, 0.29) is 30.0 Å². The quantitative estimate of drug-likeness (QED) is 0.355. The van der Waals surface area contributed by atoms with Gasteiger partial charge in [-0.2, -0.15) is 5.10 Å². The zero-order chi connectivity index (χ0) is 22.0. The first-order valence-electron chi connectivity index (χ1n) is 9.17. The molecule has 11 heteroatoms. The Morgan fingerprint density at radius 3 is 2.74 bits per heavy atom. The predicted octanol–water partition coefficient (Wildman–Crippen LogP) is 2.07. The van der Waals surface area contributed by atoms with Crippen molar-refractivity contribution in [2.45, 2.75) is 12.6 Å². The van der Waals surface area contributed by atoms with E-state index < -0.39 is 22.4 Å². The highest BCUT2D eigenvalue weighted by Gasteiger charge is 2.15. The standard InChI is InChI=1S/C20H16FN5O5/c21-13-4-6-14(7-5-13)25-19-18(9-23-25)20(28)24(12-22-19)10-16(27)11-31-17-3-1-2-15(8-17)26(29)30/h1-9,12,16,27H,10-11H2. The highest BCUT2D eigenvalue weighted by atomic mass is 19.1. The lowest BCUT2D eigenvalue weighted by Gasteiger charge is -2.13. The van der Waals surface area contributed by atoms with Gasteiger partial charge in [0, 0.05) is 6.07 Å². The predicted molar refractivity (Wildman–Crippen MR) is 108 cm³/mol. The number of nitro benzene ring substituents is 1. The second kappa shape index (κ2) is 8.32. The average molecular weight is 425 g/mol. The average Bonchev–Trinajstić information content (AvgIpc) is 3.20. The number of rotatable bonds is 7. The number of fused-ring (bicyclic) bond motifs is 1. The number of hydrogen-bond donors (Lipinski definition) is 1. The van der Waals surface area contributed by atoms with Crippen LogP contribution in [0.25, 0.3) is 16.7 Å². The Bertz CT molecular complexity index is 1300. The minimum absolute atomic E-state index is 0.0988. The Labute approximate surface area is 173 Å². The van der Waals surface area contributed by atoms with Gasteiger partial charge in [-0.1, -0.05) is 6.07 Å². The van der Waals surface area contributed by atoms with Crippen LogP contribution >= 0.6 is 0 Å². The molecule has 0 spiro atoms. The molecule has 0 fully saturated rings. The van der Waals surface area contributed by atoms with Crippen LogP contribution in [0, 0.1) is 15.9 Å². The second-order valence-electron chi connectivity index (χ2n) is 6.69. The molecular formula is C20H16FN5O5. The molecule has 0 radical (unpaired) electrons. The molecule has 1 atom stereocenters. The molecule has 1 unspecified atom stereocenters. The molecule has 158 valence electrons. The lowest BCUT2D eigenvalue weighted by atomic mass is 10.3. The van der Waals surface area contributed by atoms with E-state index in [0.717, 1.165) is 0 Å². The van der Waals surface area contributed by atoms with Crippen molar-refractivity contribution in [2.75, 3.05) is 6.61 Å². The van der Waals surface area contributed by atoms with Crippen molar-refractivity contribution in [1.29, 1.82) is 0 Å². The summed E-state index contributed by atoms with van der Waals surface area (Å²) in [6, 6.07) is 11.2. The molecule has 4 aromatic rings. The maximum absolute atomic E-state index is 13.1. The number of ether oxygens (including phenoxy) is 1. The van der Waals surface area contributed by atoms with E-state index in [1.807, 2.05) is 0 Å². The summed E-state index contributed by atoms with van der Waals surface area (Å²) >= 11 is 0. The number of aliphatic hydroxyl groups is 1. The number of aliphatic hydroxyl groups excluding tert-OH is 1. The Balaban J connectivity index is 1.49. The maximum Gasteiger partial charge on any atom is 0.273 e. The topological polar surface area (TPSA) is 125 Å². The molecule has 2 heterocycles. The number of aromatic nitrogens is 4. The van der Waals surface area contributed by atoms with E-state index in [9.17, 15) is 24.4 Å². The molecular weight excluding hydrogens is 409 g/mol. The zero-order valence-corrected chi connectivity index (χ0v) is 16.0. The fraction of sp³-hybridized carbons (Fsp3) is 0.150. The molecule has 0 amide bonds. The van der Waals surface area contributed by atoms with Gasteiger partial charge in [0.1, 0.15) is 36.0 Å². The molecule has 0 saturated carbocycles. The molecule has 31 heavy (non-hydrogen) atoms. The van der Waals surface area contributed by atoms with Crippen LogP contribution in [-0.4, -0.2) is 42.1 Å². The zero-order valence-electron chi connectivity index (χ0n) is 16.0. The third-order valence-corrected chi connectivity index (χ3v) is 4.50. The SMILES string of the molecule is O=c1c2cnn(-c3ccc(F)cc3)c2ncn1CC(O)COc1cccc([N+](=O)[O-])c1. The van der Waals surface area contributed by atoms with Crippen molar-refractivity contribution in [1.82, 2.24) is 19.3 Å². The first-order chi connectivity index (χ1) is 14.9. The lowest BCUT2D eigenvalue weighted by Crippen LogP contribution is -2.30. The van der Waals surface area contributed by atoms with Crippen molar-refractivity contribution in [2.24, 2.45) is 0 Å². The lowest BCUT2D eigenvalue weighted by molar-refractivity contribution is -0.384. The van der Waals surface area contributed by atoms with Crippen LogP contribution in [-0.2, 0) is 6.54 Å². The summed E-state index contributed by atoms with van der Waals surface area (Å²) in [5, 5.41) is 25.4. The minimum atomic E-state index is -1.07. The molecule has 0 bridgehead atoms. The van der Waals surface area contributed by atoms with Crippen LogP contribution in [0.4, 0.5) is 10.1 Å². The van der Waals surface area contributed by atoms with Gasteiger partial charge < -0.3 is 9.84 Å². The highest BCUT2D eigenvalue weighted by Crippen LogP contribution is 2.19. The number of hydrogen-bond acceptors (Lipinski definition) is 7. The van der Waals surface area contributed by atoms with Crippen molar-refractivity contribution in [3.63, 3.8) is 0 Å². The van der Waals surface area contributed by atoms with Crippen LogP contribution in [0.15, 0.2) is 65.8 Å². The fourth-order valence-corrected chi connectivity index (χ4v) is 3.01. The van der Waals surface area contributed by atoms with Gasteiger partial charge in [0.25, 0.3) is 11.2 Å². The van der Waals surface area contributed by atoms with E-state index in [0.29, 0.717) is 11.3 Å². The third-order valence-electron chi connectivity index (χ3n) is 4.50. The number of nitrogens with zero attached hydrogens (tertiary/aromatic N) is 5. The molecule has 0 saturated heterocycles. The van der Waals surface area contributed by atoms with Gasteiger partial charge in [-0.3, -0.25) is 19.5 Å². The summed E-state index contributed by atoms with van der Waals surface area (Å²) in [6.07, 6.45) is 1.57. The van der Waals surface area contributed by atoms with Crippen LogP contribution in [0.1, 0.15) is 0 Å². The maximum atomic E-state index is 13.1. The van der Waals surface area contributed by atoms with Gasteiger partial charge >= 0.3 is 0 Å². The van der Waals surface area contributed by atoms with Gasteiger partial charge in [0.05, 0.1) is 29.4 Å². The molecule has 2 aromatic heterocycles. The van der Waals surface area contributed by atoms with Gasteiger partial charge in [0.15, 0.2) is 5.65 Å². The molecule has 0 aliphatic heterocycles. The van der Waals surface area contributed by atoms with Crippen LogP contribution < -0.4 is 10.3 Å². The monoisotopic (exact) mass is 425 g/mol. The summed E-state index contributed by atoms with van der Waals surface area (Å²) in [5.41, 5.74) is 0.311. The Hall–Kier alpha value is -4.12. The Morgan fingerprint density at radius 2 is 2.00 bits per heavy atom. The normalized spacial score (nSPS) is 12.1. The Morgan fingerprint density at radius 1 is 1.23 bits per heavy atom. The molecule has 4 rings (SSSR count). The first kappa shape index (κ1) is 20.2. The van der Waals surface area contributed by atoms with Crippen LogP contribution in [0.2, 0.25) is 0 Å². The molecule has 0 aliphatic carbocycles. The molecule has 0 aliphatic rings. The molecule has 1 N–H and O–H groups in total. The van der Waals surface area contributed by atoms with Gasteiger partial charge in [-0.05, 0) is 30.3 Å². The van der Waals surface area contributed by atoms with Crippen molar-refractivity contribution >= 4 is 16.7 Å². The van der Waals surface area contributed by atoms with E-state index in [1.165, 1.54) is 70.3 Å². The highest BCUT2D eigenvalue weighted by molar-refractivity contribution is 5.74. The van der Waals surface area contributed by atoms with Gasteiger partial charge in [-0.25, -0.2) is 14.1 Å². The number of nitro groups is 1. The van der Waals surface area contributed by atoms with Crippen molar-refractivity contribution in [3.8, 4) is 11.4 Å². The third kappa shape index (κ3) is 4.26. The molecule has 10 nitrogen and oxygen atoms in total. The van der Waals surface area contributed by atoms with Crippen LogP contribution in [0.3, 0.4) is 0 Å². The number of benzene rings is 2. The van der Waals surface area contributed by atoms with Crippen LogP contribution in [0.5, 0.6) is 5.75 Å². The van der Waals surface area contributed by atoms with E-state index in [1.54, 1.807) is 0 Å². The smallest absolute Gasteiger partial charge is 0.273 e. The van der Waals surface area contributed by atoms with E-state index in [4.69, 9.17) is 4.74 Å². The van der Waals surface area contributed by atoms with E-state index in [2.05, 4.69) is 10.1 Å². The summed E-state index contributed by atoms with van der Waals surface area (Å²) in [6.45, 7) is -0.279. The molecule has 2 aromatic carbocycles.